The summed E-state index contributed by atoms with van der Waals surface area (Å²) in [5.41, 5.74) is 0. The summed E-state index contributed by atoms with van der Waals surface area (Å²) in [6.45, 7) is -0.0585. The van der Waals surface area contributed by atoms with Crippen LogP contribution in [0.15, 0.2) is 0 Å². The van der Waals surface area contributed by atoms with Gasteiger partial charge in [0.2, 0.25) is 0 Å². The van der Waals surface area contributed by atoms with Crippen molar-refractivity contribution in [2.24, 2.45) is 5.92 Å². The van der Waals surface area contributed by atoms with E-state index in [2.05, 4.69) is 0 Å². The predicted octanol–water partition coefficient (Wildman–Crippen LogP) is 0.832. The Balaban J connectivity index is 2.49. The van der Waals surface area contributed by atoms with Gasteiger partial charge >= 0.3 is 12.1 Å². The van der Waals surface area contributed by atoms with Gasteiger partial charge in [-0.3, -0.25) is 4.79 Å². The van der Waals surface area contributed by atoms with E-state index < -0.39 is 21.9 Å². The van der Waals surface area contributed by atoms with Crippen molar-refractivity contribution < 1.29 is 26.4 Å². The van der Waals surface area contributed by atoms with Crippen molar-refractivity contribution >= 4 is 15.7 Å². The van der Waals surface area contributed by atoms with E-state index in [0.717, 1.165) is 11.2 Å². The first kappa shape index (κ1) is 14.3. The van der Waals surface area contributed by atoms with Crippen LogP contribution in [0.2, 0.25) is 0 Å². The van der Waals surface area contributed by atoms with Crippen LogP contribution in [0.4, 0.5) is 13.2 Å². The molecule has 17 heavy (non-hydrogen) atoms. The number of amides is 1. The Hall–Kier alpha value is -0.790. The maximum Gasteiger partial charge on any atom is 0.471 e. The van der Waals surface area contributed by atoms with E-state index in [-0.39, 0.29) is 24.8 Å². The summed E-state index contributed by atoms with van der Waals surface area (Å²) >= 11 is 0. The largest absolute Gasteiger partial charge is 0.471 e. The molecule has 0 saturated carbocycles. The number of carbonyl (C=O) groups excluding carboxylic acids is 1. The van der Waals surface area contributed by atoms with Crippen LogP contribution in [0.3, 0.4) is 0 Å². The van der Waals surface area contributed by atoms with Gasteiger partial charge in [0, 0.05) is 19.3 Å². The van der Waals surface area contributed by atoms with Crippen molar-refractivity contribution in [3.05, 3.63) is 0 Å². The maximum absolute atomic E-state index is 12.1. The van der Waals surface area contributed by atoms with Crippen molar-refractivity contribution in [1.29, 1.82) is 0 Å². The van der Waals surface area contributed by atoms with E-state index in [1.54, 1.807) is 0 Å². The Morgan fingerprint density at radius 3 is 2.12 bits per heavy atom. The lowest BCUT2D eigenvalue weighted by atomic mass is 9.99. The highest BCUT2D eigenvalue weighted by Crippen LogP contribution is 2.24. The molecule has 0 unspecified atom stereocenters. The van der Waals surface area contributed by atoms with Gasteiger partial charge in [0.1, 0.15) is 9.84 Å². The molecule has 0 bridgehead atoms. The molecular weight excluding hydrogens is 259 g/mol. The Kier molecular flexibility index (Phi) is 4.06. The van der Waals surface area contributed by atoms with Crippen LogP contribution in [-0.2, 0) is 14.6 Å². The lowest BCUT2D eigenvalue weighted by molar-refractivity contribution is -0.186. The van der Waals surface area contributed by atoms with Crippen molar-refractivity contribution in [2.75, 3.05) is 25.1 Å². The second-order valence-electron chi connectivity index (χ2n) is 4.33. The second-order valence-corrected chi connectivity index (χ2v) is 6.51. The van der Waals surface area contributed by atoms with Gasteiger partial charge in [-0.05, 0) is 18.8 Å². The maximum atomic E-state index is 12.1. The number of hydrogen-bond acceptors (Lipinski definition) is 3. The predicted molar refractivity (Wildman–Crippen MR) is 55.1 cm³/mol. The molecule has 4 nitrogen and oxygen atoms in total. The minimum absolute atomic E-state index is 0.0267. The van der Waals surface area contributed by atoms with E-state index in [0.29, 0.717) is 12.8 Å². The number of likely N-dealkylation sites (tertiary alicyclic amines) is 1. The minimum atomic E-state index is -4.84. The molecule has 100 valence electrons. The zero-order valence-corrected chi connectivity index (χ0v) is 10.1. The molecule has 0 N–H and O–H groups in total. The molecule has 1 amide bonds. The van der Waals surface area contributed by atoms with Crippen molar-refractivity contribution in [3.8, 4) is 0 Å². The highest BCUT2D eigenvalue weighted by Gasteiger charge is 2.43. The molecule has 0 radical (unpaired) electrons. The second kappa shape index (κ2) is 4.83. The third-order valence-electron chi connectivity index (χ3n) is 2.68. The monoisotopic (exact) mass is 273 g/mol. The number of rotatable bonds is 2. The fraction of sp³-hybridized carbons (Fsp3) is 0.889. The van der Waals surface area contributed by atoms with E-state index in [1.165, 1.54) is 0 Å². The van der Waals surface area contributed by atoms with E-state index in [4.69, 9.17) is 0 Å². The van der Waals surface area contributed by atoms with E-state index in [1.807, 2.05) is 0 Å². The van der Waals surface area contributed by atoms with Crippen LogP contribution in [0.25, 0.3) is 0 Å². The molecule has 0 aromatic rings. The third kappa shape index (κ3) is 4.53. The Bertz CT molecular complexity index is 383. The summed E-state index contributed by atoms with van der Waals surface area (Å²) < 4.78 is 58.4. The number of alkyl halides is 3. The number of sulfone groups is 1. The molecule has 0 aromatic heterocycles. The molecule has 1 rings (SSSR count). The van der Waals surface area contributed by atoms with Gasteiger partial charge in [0.25, 0.3) is 0 Å². The number of nitrogens with zero attached hydrogens (tertiary/aromatic N) is 1. The molecule has 1 aliphatic heterocycles. The lowest BCUT2D eigenvalue weighted by Gasteiger charge is -2.31. The summed E-state index contributed by atoms with van der Waals surface area (Å²) in [6, 6.07) is 0. The van der Waals surface area contributed by atoms with Gasteiger partial charge in [-0.25, -0.2) is 8.42 Å². The van der Waals surface area contributed by atoms with Crippen LogP contribution in [0.5, 0.6) is 0 Å². The number of carbonyl (C=O) groups is 1. The fourth-order valence-electron chi connectivity index (χ4n) is 1.91. The Morgan fingerprint density at radius 1 is 1.29 bits per heavy atom. The first-order valence-corrected chi connectivity index (χ1v) is 7.19. The normalized spacial score (nSPS) is 19.4. The summed E-state index contributed by atoms with van der Waals surface area (Å²) in [4.78, 5) is 11.6. The van der Waals surface area contributed by atoms with Gasteiger partial charge in [-0.15, -0.1) is 0 Å². The first-order chi connectivity index (χ1) is 7.59. The standard InChI is InChI=1S/C9H14F3NO3S/c1-17(15,16)6-7-2-4-13(5-3-7)8(14)9(10,11)12/h7H,2-6H2,1H3. The van der Waals surface area contributed by atoms with Gasteiger partial charge in [0.15, 0.2) is 0 Å². The SMILES string of the molecule is CS(=O)(=O)CC1CCN(C(=O)C(F)(F)F)CC1. The van der Waals surface area contributed by atoms with Gasteiger partial charge in [-0.1, -0.05) is 0 Å². The summed E-state index contributed by atoms with van der Waals surface area (Å²) in [6.07, 6.45) is -3.15. The summed E-state index contributed by atoms with van der Waals surface area (Å²) in [5, 5.41) is 0. The molecule has 1 fully saturated rings. The van der Waals surface area contributed by atoms with Gasteiger partial charge in [0.05, 0.1) is 5.75 Å². The number of halogens is 3. The van der Waals surface area contributed by atoms with Crippen LogP contribution in [0, 0.1) is 5.92 Å². The van der Waals surface area contributed by atoms with Crippen LogP contribution >= 0.6 is 0 Å². The zero-order chi connectivity index (χ0) is 13.3. The van der Waals surface area contributed by atoms with Crippen LogP contribution < -0.4 is 0 Å². The van der Waals surface area contributed by atoms with Gasteiger partial charge < -0.3 is 4.90 Å². The van der Waals surface area contributed by atoms with Crippen molar-refractivity contribution in [1.82, 2.24) is 4.90 Å². The van der Waals surface area contributed by atoms with Crippen molar-refractivity contribution in [3.63, 3.8) is 0 Å². The molecule has 0 spiro atoms. The molecule has 1 saturated heterocycles. The quantitative estimate of drug-likeness (QED) is 0.749. The Morgan fingerprint density at radius 2 is 1.76 bits per heavy atom. The lowest BCUT2D eigenvalue weighted by Crippen LogP contribution is -2.46. The van der Waals surface area contributed by atoms with Gasteiger partial charge in [-0.2, -0.15) is 13.2 Å². The number of hydrogen-bond donors (Lipinski definition) is 0. The van der Waals surface area contributed by atoms with Crippen LogP contribution in [-0.4, -0.2) is 50.5 Å². The van der Waals surface area contributed by atoms with E-state index >= 15 is 0 Å². The smallest absolute Gasteiger partial charge is 0.335 e. The fourth-order valence-corrected chi connectivity index (χ4v) is 3.10. The number of piperidine rings is 1. The Labute approximate surface area is 97.7 Å². The molecule has 1 aliphatic rings. The molecule has 0 atom stereocenters. The summed E-state index contributed by atoms with van der Waals surface area (Å²) in [7, 11) is -3.12. The summed E-state index contributed by atoms with van der Waals surface area (Å²) in [5.74, 6) is -2.02. The molecule has 8 heteroatoms. The zero-order valence-electron chi connectivity index (χ0n) is 9.33. The molecule has 0 aliphatic carbocycles. The molecular formula is C9H14F3NO3S. The van der Waals surface area contributed by atoms with E-state index in [9.17, 15) is 26.4 Å². The molecule has 0 aromatic carbocycles. The highest BCUT2D eigenvalue weighted by molar-refractivity contribution is 7.90. The average Bonchev–Trinajstić information content (AvgIpc) is 2.14. The molecule has 1 heterocycles. The average molecular weight is 273 g/mol. The first-order valence-electron chi connectivity index (χ1n) is 5.13. The van der Waals surface area contributed by atoms with Crippen LogP contribution in [0.1, 0.15) is 12.8 Å². The minimum Gasteiger partial charge on any atom is -0.335 e. The topological polar surface area (TPSA) is 54.5 Å². The third-order valence-corrected chi connectivity index (χ3v) is 3.76. The van der Waals surface area contributed by atoms with Crippen molar-refractivity contribution in [2.45, 2.75) is 19.0 Å². The highest BCUT2D eigenvalue weighted by atomic mass is 32.2.